The normalized spacial score (nSPS) is 13.2. The molecule has 1 unspecified atom stereocenters. The lowest BCUT2D eigenvalue weighted by Gasteiger charge is -2.13. The van der Waals surface area contributed by atoms with Crippen molar-refractivity contribution in [2.24, 2.45) is 7.05 Å². The SMILES string of the molecule is Cn1ccc2cc(C(O)CNS(=O)(=O)Cc3ccc(Cl)cc3)ccc21. The van der Waals surface area contributed by atoms with Gasteiger partial charge in [0.2, 0.25) is 10.0 Å². The first-order valence-corrected chi connectivity index (χ1v) is 9.82. The third-order valence-electron chi connectivity index (χ3n) is 4.06. The Balaban J connectivity index is 1.65. The molecule has 0 saturated carbocycles. The number of aryl methyl sites for hydroxylation is 1. The van der Waals surface area contributed by atoms with Gasteiger partial charge in [-0.15, -0.1) is 0 Å². The molecule has 5 nitrogen and oxygen atoms in total. The minimum Gasteiger partial charge on any atom is -0.387 e. The van der Waals surface area contributed by atoms with E-state index in [0.29, 0.717) is 16.1 Å². The molecule has 1 atom stereocenters. The van der Waals surface area contributed by atoms with Crippen molar-refractivity contribution >= 4 is 32.5 Å². The Bertz CT molecular complexity index is 981. The van der Waals surface area contributed by atoms with Crippen molar-refractivity contribution < 1.29 is 13.5 Å². The van der Waals surface area contributed by atoms with Crippen LogP contribution < -0.4 is 4.72 Å². The molecule has 3 aromatic rings. The van der Waals surface area contributed by atoms with Crippen LogP contribution in [0.15, 0.2) is 54.7 Å². The van der Waals surface area contributed by atoms with Gasteiger partial charge in [0, 0.05) is 30.3 Å². The molecule has 0 amide bonds. The summed E-state index contributed by atoms with van der Waals surface area (Å²) >= 11 is 5.80. The van der Waals surface area contributed by atoms with E-state index < -0.39 is 16.1 Å². The molecule has 2 aromatic carbocycles. The lowest BCUT2D eigenvalue weighted by atomic mass is 10.1. The van der Waals surface area contributed by atoms with Crippen molar-refractivity contribution in [2.75, 3.05) is 6.54 Å². The molecular formula is C18H19ClN2O3S. The molecule has 0 aliphatic heterocycles. The minimum absolute atomic E-state index is 0.0751. The summed E-state index contributed by atoms with van der Waals surface area (Å²) in [5.41, 5.74) is 2.37. The van der Waals surface area contributed by atoms with E-state index in [1.807, 2.05) is 36.0 Å². The van der Waals surface area contributed by atoms with Crippen molar-refractivity contribution in [2.45, 2.75) is 11.9 Å². The van der Waals surface area contributed by atoms with Gasteiger partial charge in [0.15, 0.2) is 0 Å². The molecule has 0 radical (unpaired) electrons. The van der Waals surface area contributed by atoms with Crippen LogP contribution in [0.2, 0.25) is 5.02 Å². The van der Waals surface area contributed by atoms with Gasteiger partial charge in [-0.05, 0) is 46.8 Å². The van der Waals surface area contributed by atoms with Crippen LogP contribution in [0.4, 0.5) is 0 Å². The average molecular weight is 379 g/mol. The van der Waals surface area contributed by atoms with E-state index in [1.54, 1.807) is 30.3 Å². The number of sulfonamides is 1. The first kappa shape index (κ1) is 17.9. The largest absolute Gasteiger partial charge is 0.387 e. The monoisotopic (exact) mass is 378 g/mol. The maximum Gasteiger partial charge on any atom is 0.215 e. The molecule has 0 spiro atoms. The molecule has 1 aromatic heterocycles. The van der Waals surface area contributed by atoms with Crippen LogP contribution >= 0.6 is 11.6 Å². The number of hydrogen-bond acceptors (Lipinski definition) is 3. The van der Waals surface area contributed by atoms with E-state index in [1.165, 1.54) is 0 Å². The number of benzene rings is 2. The molecule has 2 N–H and O–H groups in total. The Morgan fingerprint density at radius 3 is 2.60 bits per heavy atom. The second-order valence-corrected chi connectivity index (χ2v) is 8.24. The highest BCUT2D eigenvalue weighted by Crippen LogP contribution is 2.21. The van der Waals surface area contributed by atoms with Crippen LogP contribution in [0, 0.1) is 0 Å². The highest BCUT2D eigenvalue weighted by molar-refractivity contribution is 7.88. The Morgan fingerprint density at radius 1 is 1.16 bits per heavy atom. The Labute approximate surface area is 151 Å². The smallest absolute Gasteiger partial charge is 0.215 e. The predicted molar refractivity (Wildman–Crippen MR) is 100.0 cm³/mol. The van der Waals surface area contributed by atoms with Crippen LogP contribution in [0.3, 0.4) is 0 Å². The first-order valence-electron chi connectivity index (χ1n) is 7.79. The van der Waals surface area contributed by atoms with Gasteiger partial charge < -0.3 is 9.67 Å². The highest BCUT2D eigenvalue weighted by atomic mass is 35.5. The topological polar surface area (TPSA) is 71.3 Å². The molecule has 1 heterocycles. The number of halogens is 1. The van der Waals surface area contributed by atoms with E-state index in [-0.39, 0.29) is 12.3 Å². The van der Waals surface area contributed by atoms with Crippen molar-refractivity contribution in [3.8, 4) is 0 Å². The maximum absolute atomic E-state index is 12.2. The number of aliphatic hydroxyl groups is 1. The second-order valence-electron chi connectivity index (χ2n) is 5.99. The lowest BCUT2D eigenvalue weighted by molar-refractivity contribution is 0.182. The van der Waals surface area contributed by atoms with Crippen LogP contribution in [0.5, 0.6) is 0 Å². The minimum atomic E-state index is -3.55. The van der Waals surface area contributed by atoms with Gasteiger partial charge >= 0.3 is 0 Å². The molecular weight excluding hydrogens is 360 g/mol. The summed E-state index contributed by atoms with van der Waals surface area (Å²) in [5, 5.41) is 11.9. The van der Waals surface area contributed by atoms with Gasteiger partial charge in [-0.25, -0.2) is 13.1 Å². The third kappa shape index (κ3) is 4.41. The van der Waals surface area contributed by atoms with Crippen LogP contribution in [0.1, 0.15) is 17.2 Å². The Morgan fingerprint density at radius 2 is 1.88 bits per heavy atom. The summed E-state index contributed by atoms with van der Waals surface area (Å²) in [6.45, 7) is -0.0751. The number of fused-ring (bicyclic) bond motifs is 1. The van der Waals surface area contributed by atoms with Crippen LogP contribution in [-0.4, -0.2) is 24.6 Å². The molecule has 3 rings (SSSR count). The van der Waals surface area contributed by atoms with Crippen molar-refractivity contribution in [1.29, 1.82) is 0 Å². The molecule has 132 valence electrons. The number of hydrogen-bond donors (Lipinski definition) is 2. The predicted octanol–water partition coefficient (Wildman–Crippen LogP) is 2.98. The average Bonchev–Trinajstić information content (AvgIpc) is 2.95. The molecule has 0 bridgehead atoms. The zero-order chi connectivity index (χ0) is 18.0. The summed E-state index contributed by atoms with van der Waals surface area (Å²) in [4.78, 5) is 0. The summed E-state index contributed by atoms with van der Waals surface area (Å²) in [7, 11) is -1.60. The molecule has 0 fully saturated rings. The molecule has 0 aliphatic rings. The molecule has 7 heteroatoms. The van der Waals surface area contributed by atoms with Gasteiger partial charge in [-0.1, -0.05) is 29.8 Å². The fourth-order valence-corrected chi connectivity index (χ4v) is 3.95. The fourth-order valence-electron chi connectivity index (χ4n) is 2.68. The second kappa shape index (κ2) is 7.17. The number of rotatable bonds is 6. The quantitative estimate of drug-likeness (QED) is 0.692. The third-order valence-corrected chi connectivity index (χ3v) is 5.63. The summed E-state index contributed by atoms with van der Waals surface area (Å²) in [6.07, 6.45) is 1.03. The van der Waals surface area contributed by atoms with Crippen LogP contribution in [0.25, 0.3) is 10.9 Å². The van der Waals surface area contributed by atoms with E-state index in [2.05, 4.69) is 4.72 Å². The number of aromatic nitrogens is 1. The van der Waals surface area contributed by atoms with Gasteiger partial charge in [0.05, 0.1) is 11.9 Å². The zero-order valence-electron chi connectivity index (χ0n) is 13.7. The van der Waals surface area contributed by atoms with Crippen LogP contribution in [-0.2, 0) is 22.8 Å². The standard InChI is InChI=1S/C18H19ClN2O3S/c1-21-9-8-14-10-15(4-7-17(14)21)18(22)11-20-25(23,24)12-13-2-5-16(19)6-3-13/h2-10,18,20,22H,11-12H2,1H3. The van der Waals surface area contributed by atoms with Gasteiger partial charge in [0.1, 0.15) is 0 Å². The first-order chi connectivity index (χ1) is 11.8. The van der Waals surface area contributed by atoms with E-state index in [4.69, 9.17) is 11.6 Å². The van der Waals surface area contributed by atoms with Crippen molar-refractivity contribution in [1.82, 2.24) is 9.29 Å². The van der Waals surface area contributed by atoms with Crippen molar-refractivity contribution in [3.63, 3.8) is 0 Å². The van der Waals surface area contributed by atoms with E-state index in [0.717, 1.165) is 10.9 Å². The molecule has 0 aliphatic carbocycles. The zero-order valence-corrected chi connectivity index (χ0v) is 15.3. The van der Waals surface area contributed by atoms with E-state index >= 15 is 0 Å². The van der Waals surface area contributed by atoms with Gasteiger partial charge in [-0.3, -0.25) is 0 Å². The Kier molecular flexibility index (Phi) is 5.15. The highest BCUT2D eigenvalue weighted by Gasteiger charge is 2.15. The van der Waals surface area contributed by atoms with E-state index in [9.17, 15) is 13.5 Å². The van der Waals surface area contributed by atoms with Crippen molar-refractivity contribution in [3.05, 3.63) is 70.9 Å². The lowest BCUT2D eigenvalue weighted by Crippen LogP contribution is -2.29. The van der Waals surface area contributed by atoms with Gasteiger partial charge in [-0.2, -0.15) is 0 Å². The molecule has 0 saturated heterocycles. The number of nitrogens with one attached hydrogen (secondary N) is 1. The maximum atomic E-state index is 12.2. The molecule has 25 heavy (non-hydrogen) atoms. The summed E-state index contributed by atoms with van der Waals surface area (Å²) < 4.78 is 28.8. The Hall–Kier alpha value is -1.86. The summed E-state index contributed by atoms with van der Waals surface area (Å²) in [5.74, 6) is -0.158. The number of nitrogens with zero attached hydrogens (tertiary/aromatic N) is 1. The van der Waals surface area contributed by atoms with Gasteiger partial charge in [0.25, 0.3) is 0 Å². The number of aliphatic hydroxyl groups excluding tert-OH is 1. The summed E-state index contributed by atoms with van der Waals surface area (Å²) in [6, 6.07) is 14.2. The fraction of sp³-hybridized carbons (Fsp3) is 0.222.